The van der Waals surface area contributed by atoms with Crippen LogP contribution in [0.3, 0.4) is 0 Å². The molecule has 118 valence electrons. The van der Waals surface area contributed by atoms with Gasteiger partial charge in [-0.1, -0.05) is 0 Å². The van der Waals surface area contributed by atoms with E-state index in [1.165, 1.54) is 12.1 Å². The molecule has 0 bridgehead atoms. The van der Waals surface area contributed by atoms with Gasteiger partial charge >= 0.3 is 6.03 Å². The average Bonchev–Trinajstić information content (AvgIpc) is 3.09. The highest BCUT2D eigenvalue weighted by molar-refractivity contribution is 5.98. The van der Waals surface area contributed by atoms with Crippen LogP contribution in [-0.2, 0) is 0 Å². The zero-order valence-corrected chi connectivity index (χ0v) is 12.6. The maximum absolute atomic E-state index is 12.9. The smallest absolute Gasteiger partial charge is 0.319 e. The molecule has 0 aromatic heterocycles. The van der Waals surface area contributed by atoms with Crippen molar-refractivity contribution in [3.63, 3.8) is 0 Å². The van der Waals surface area contributed by atoms with E-state index in [2.05, 4.69) is 0 Å². The summed E-state index contributed by atoms with van der Waals surface area (Å²) >= 11 is 0. The van der Waals surface area contributed by atoms with Crippen LogP contribution in [-0.4, -0.2) is 47.8 Å². The van der Waals surface area contributed by atoms with E-state index in [1.807, 2.05) is 9.80 Å². The van der Waals surface area contributed by atoms with Crippen molar-refractivity contribution in [1.29, 1.82) is 0 Å². The molecule has 2 saturated heterocycles. The van der Waals surface area contributed by atoms with Gasteiger partial charge in [-0.3, -0.25) is 4.79 Å². The first-order chi connectivity index (χ1) is 10.6. The lowest BCUT2D eigenvalue weighted by Crippen LogP contribution is -2.46. The number of piperidine rings is 1. The molecule has 1 aromatic rings. The van der Waals surface area contributed by atoms with Gasteiger partial charge in [0.2, 0.25) is 0 Å². The van der Waals surface area contributed by atoms with Gasteiger partial charge in [0.05, 0.1) is 0 Å². The second kappa shape index (κ2) is 6.46. The number of ketones is 1. The molecular formula is C17H21FN2O2. The molecule has 2 aliphatic heterocycles. The molecule has 0 spiro atoms. The van der Waals surface area contributed by atoms with Crippen LogP contribution in [0.2, 0.25) is 0 Å². The first-order valence-electron chi connectivity index (χ1n) is 7.99. The Bertz CT molecular complexity index is 544. The molecule has 3 rings (SSSR count). The Hall–Kier alpha value is -1.91. The molecule has 5 heteroatoms. The van der Waals surface area contributed by atoms with Gasteiger partial charge in [-0.15, -0.1) is 0 Å². The number of halogens is 1. The highest BCUT2D eigenvalue weighted by Crippen LogP contribution is 2.23. The number of Topliss-reactive ketones (excluding diaryl/α,β-unsaturated/α-hetero) is 1. The summed E-state index contributed by atoms with van der Waals surface area (Å²) in [5.41, 5.74) is 0.561. The number of rotatable bonds is 2. The molecule has 0 unspecified atom stereocenters. The van der Waals surface area contributed by atoms with Gasteiger partial charge in [0.1, 0.15) is 5.82 Å². The highest BCUT2D eigenvalue weighted by Gasteiger charge is 2.30. The lowest BCUT2D eigenvalue weighted by atomic mass is 9.89. The first kappa shape index (κ1) is 15.0. The summed E-state index contributed by atoms with van der Waals surface area (Å²) in [7, 11) is 0. The summed E-state index contributed by atoms with van der Waals surface area (Å²) in [5.74, 6) is -0.330. The van der Waals surface area contributed by atoms with Gasteiger partial charge in [0, 0.05) is 37.7 Å². The van der Waals surface area contributed by atoms with Crippen molar-refractivity contribution < 1.29 is 14.0 Å². The molecule has 0 N–H and O–H groups in total. The molecule has 4 nitrogen and oxygen atoms in total. The molecule has 0 saturated carbocycles. The predicted molar refractivity (Wildman–Crippen MR) is 81.2 cm³/mol. The Morgan fingerprint density at radius 3 is 2.05 bits per heavy atom. The van der Waals surface area contributed by atoms with E-state index >= 15 is 0 Å². The lowest BCUT2D eigenvalue weighted by molar-refractivity contribution is 0.0839. The quantitative estimate of drug-likeness (QED) is 0.788. The third-order valence-electron chi connectivity index (χ3n) is 4.64. The molecule has 22 heavy (non-hydrogen) atoms. The molecule has 1 aromatic carbocycles. The zero-order valence-electron chi connectivity index (χ0n) is 12.6. The number of benzene rings is 1. The average molecular weight is 304 g/mol. The number of amides is 2. The van der Waals surface area contributed by atoms with Crippen molar-refractivity contribution in [2.24, 2.45) is 5.92 Å². The molecular weight excluding hydrogens is 283 g/mol. The number of carbonyl (C=O) groups excluding carboxylic acids is 2. The van der Waals surface area contributed by atoms with Crippen molar-refractivity contribution >= 4 is 11.8 Å². The monoisotopic (exact) mass is 304 g/mol. The summed E-state index contributed by atoms with van der Waals surface area (Å²) in [5, 5.41) is 0. The molecule has 2 amide bonds. The van der Waals surface area contributed by atoms with Gasteiger partial charge in [-0.05, 0) is 49.9 Å². The Morgan fingerprint density at radius 1 is 0.909 bits per heavy atom. The van der Waals surface area contributed by atoms with Crippen LogP contribution >= 0.6 is 0 Å². The second-order valence-corrected chi connectivity index (χ2v) is 6.11. The van der Waals surface area contributed by atoms with Crippen LogP contribution < -0.4 is 0 Å². The van der Waals surface area contributed by atoms with Crippen molar-refractivity contribution in [3.05, 3.63) is 35.6 Å². The van der Waals surface area contributed by atoms with Crippen molar-refractivity contribution in [1.82, 2.24) is 9.80 Å². The molecule has 0 radical (unpaired) electrons. The number of hydrogen-bond acceptors (Lipinski definition) is 2. The van der Waals surface area contributed by atoms with E-state index in [4.69, 9.17) is 0 Å². The zero-order chi connectivity index (χ0) is 15.5. The maximum atomic E-state index is 12.9. The summed E-state index contributed by atoms with van der Waals surface area (Å²) in [4.78, 5) is 28.5. The van der Waals surface area contributed by atoms with Crippen LogP contribution in [0.15, 0.2) is 24.3 Å². The number of carbonyl (C=O) groups is 2. The second-order valence-electron chi connectivity index (χ2n) is 6.11. The van der Waals surface area contributed by atoms with Gasteiger partial charge < -0.3 is 9.80 Å². The van der Waals surface area contributed by atoms with E-state index in [-0.39, 0.29) is 23.5 Å². The SMILES string of the molecule is O=C(c1ccc(F)cc1)C1CCN(C(=O)N2CCCC2)CC1. The van der Waals surface area contributed by atoms with Gasteiger partial charge in [-0.2, -0.15) is 0 Å². The van der Waals surface area contributed by atoms with Gasteiger partial charge in [0.15, 0.2) is 5.78 Å². The summed E-state index contributed by atoms with van der Waals surface area (Å²) in [6, 6.07) is 5.84. The van der Waals surface area contributed by atoms with Crippen LogP contribution in [0, 0.1) is 11.7 Å². The maximum Gasteiger partial charge on any atom is 0.319 e. The summed E-state index contributed by atoms with van der Waals surface area (Å²) in [6.07, 6.45) is 3.56. The summed E-state index contributed by atoms with van der Waals surface area (Å²) < 4.78 is 12.9. The fourth-order valence-corrected chi connectivity index (χ4v) is 3.29. The number of hydrogen-bond donors (Lipinski definition) is 0. The molecule has 2 aliphatic rings. The fraction of sp³-hybridized carbons (Fsp3) is 0.529. The minimum atomic E-state index is -0.331. The van der Waals surface area contributed by atoms with Gasteiger partial charge in [-0.25, -0.2) is 9.18 Å². The fourth-order valence-electron chi connectivity index (χ4n) is 3.29. The number of urea groups is 1. The van der Waals surface area contributed by atoms with E-state index in [0.717, 1.165) is 25.9 Å². The Labute approximate surface area is 129 Å². The lowest BCUT2D eigenvalue weighted by Gasteiger charge is -2.34. The van der Waals surface area contributed by atoms with Crippen LogP contribution in [0.5, 0.6) is 0 Å². The molecule has 2 heterocycles. The van der Waals surface area contributed by atoms with Crippen LogP contribution in [0.25, 0.3) is 0 Å². The molecule has 0 aliphatic carbocycles. The third-order valence-corrected chi connectivity index (χ3v) is 4.64. The molecule has 2 fully saturated rings. The minimum Gasteiger partial charge on any atom is -0.325 e. The Kier molecular flexibility index (Phi) is 4.41. The minimum absolute atomic E-state index is 0.0620. The number of likely N-dealkylation sites (tertiary alicyclic amines) is 2. The normalized spacial score (nSPS) is 19.5. The van der Waals surface area contributed by atoms with Crippen molar-refractivity contribution in [3.8, 4) is 0 Å². The largest absolute Gasteiger partial charge is 0.325 e. The van der Waals surface area contributed by atoms with Crippen LogP contribution in [0.4, 0.5) is 9.18 Å². The van der Waals surface area contributed by atoms with Crippen molar-refractivity contribution in [2.75, 3.05) is 26.2 Å². The molecule has 0 atom stereocenters. The third kappa shape index (κ3) is 3.13. The van der Waals surface area contributed by atoms with E-state index in [1.54, 1.807) is 12.1 Å². The highest BCUT2D eigenvalue weighted by atomic mass is 19.1. The van der Waals surface area contributed by atoms with Gasteiger partial charge in [0.25, 0.3) is 0 Å². The van der Waals surface area contributed by atoms with Crippen LogP contribution in [0.1, 0.15) is 36.0 Å². The topological polar surface area (TPSA) is 40.6 Å². The first-order valence-corrected chi connectivity index (χ1v) is 7.99. The predicted octanol–water partition coefficient (Wildman–Crippen LogP) is 2.94. The Morgan fingerprint density at radius 2 is 1.45 bits per heavy atom. The Balaban J connectivity index is 1.56. The summed E-state index contributed by atoms with van der Waals surface area (Å²) in [6.45, 7) is 2.97. The standard InChI is InChI=1S/C17H21FN2O2/c18-15-5-3-13(4-6-15)16(21)14-7-11-20(12-8-14)17(22)19-9-1-2-10-19/h3-6,14H,1-2,7-12H2. The van der Waals surface area contributed by atoms with E-state index < -0.39 is 0 Å². The van der Waals surface area contributed by atoms with Crippen molar-refractivity contribution in [2.45, 2.75) is 25.7 Å². The van der Waals surface area contributed by atoms with E-state index in [9.17, 15) is 14.0 Å². The van der Waals surface area contributed by atoms with E-state index in [0.29, 0.717) is 31.5 Å². The number of nitrogens with zero attached hydrogens (tertiary/aromatic N) is 2.